The van der Waals surface area contributed by atoms with Crippen molar-refractivity contribution in [2.45, 2.75) is 50.9 Å². The lowest BCUT2D eigenvalue weighted by molar-refractivity contribution is -0.137. The SMILES string of the molecule is COc1c(Cl)cc(C(C)(C)C)cc1C1(CC(=O)O)CC1. The van der Waals surface area contributed by atoms with E-state index in [0.29, 0.717) is 10.8 Å². The van der Waals surface area contributed by atoms with Crippen LogP contribution in [0.2, 0.25) is 5.02 Å². The van der Waals surface area contributed by atoms with Crippen LogP contribution in [0.25, 0.3) is 0 Å². The number of carbonyl (C=O) groups is 1. The Morgan fingerprint density at radius 3 is 2.40 bits per heavy atom. The Labute approximate surface area is 124 Å². The van der Waals surface area contributed by atoms with Gasteiger partial charge in [0.25, 0.3) is 0 Å². The number of carboxylic acids is 1. The minimum atomic E-state index is -0.776. The number of halogens is 1. The summed E-state index contributed by atoms with van der Waals surface area (Å²) in [5, 5.41) is 9.70. The molecule has 0 bridgehead atoms. The van der Waals surface area contributed by atoms with E-state index in [0.717, 1.165) is 24.0 Å². The molecule has 1 aromatic carbocycles. The van der Waals surface area contributed by atoms with Crippen molar-refractivity contribution in [1.29, 1.82) is 0 Å². The van der Waals surface area contributed by atoms with Gasteiger partial charge in [0.15, 0.2) is 0 Å². The molecule has 1 saturated carbocycles. The Morgan fingerprint density at radius 2 is 2.00 bits per heavy atom. The van der Waals surface area contributed by atoms with E-state index in [4.69, 9.17) is 21.4 Å². The summed E-state index contributed by atoms with van der Waals surface area (Å²) in [5.41, 5.74) is 1.71. The maximum absolute atomic E-state index is 11.1. The van der Waals surface area contributed by atoms with Crippen molar-refractivity contribution in [3.05, 3.63) is 28.3 Å². The van der Waals surface area contributed by atoms with Crippen LogP contribution in [0.4, 0.5) is 0 Å². The minimum Gasteiger partial charge on any atom is -0.495 e. The fourth-order valence-electron chi connectivity index (χ4n) is 2.61. The fraction of sp³-hybridized carbons (Fsp3) is 0.562. The number of ether oxygens (including phenoxy) is 1. The average Bonchev–Trinajstić information content (AvgIpc) is 3.06. The van der Waals surface area contributed by atoms with E-state index in [1.807, 2.05) is 6.07 Å². The lowest BCUT2D eigenvalue weighted by Crippen LogP contribution is -2.17. The lowest BCUT2D eigenvalue weighted by atomic mass is 9.82. The molecule has 0 amide bonds. The third-order valence-electron chi connectivity index (χ3n) is 4.03. The minimum absolute atomic E-state index is 0.0377. The second-order valence-corrected chi connectivity index (χ2v) is 7.05. The fourth-order valence-corrected chi connectivity index (χ4v) is 2.91. The molecule has 1 aliphatic rings. The van der Waals surface area contributed by atoms with Crippen molar-refractivity contribution in [1.82, 2.24) is 0 Å². The highest BCUT2D eigenvalue weighted by Gasteiger charge is 2.48. The van der Waals surface area contributed by atoms with Crippen molar-refractivity contribution in [2.24, 2.45) is 0 Å². The number of hydrogen-bond acceptors (Lipinski definition) is 2. The smallest absolute Gasteiger partial charge is 0.304 e. The van der Waals surface area contributed by atoms with Gasteiger partial charge in [-0.25, -0.2) is 0 Å². The Balaban J connectivity index is 2.56. The van der Waals surface area contributed by atoms with Crippen LogP contribution in [-0.2, 0) is 15.6 Å². The summed E-state index contributed by atoms with van der Waals surface area (Å²) < 4.78 is 5.43. The van der Waals surface area contributed by atoms with Gasteiger partial charge in [0.1, 0.15) is 5.75 Å². The Morgan fingerprint density at radius 1 is 1.40 bits per heavy atom. The maximum Gasteiger partial charge on any atom is 0.304 e. The van der Waals surface area contributed by atoms with Crippen molar-refractivity contribution in [3.63, 3.8) is 0 Å². The van der Waals surface area contributed by atoms with Gasteiger partial charge in [0.2, 0.25) is 0 Å². The highest BCUT2D eigenvalue weighted by Crippen LogP contribution is 2.55. The molecule has 20 heavy (non-hydrogen) atoms. The third kappa shape index (κ3) is 2.78. The third-order valence-corrected chi connectivity index (χ3v) is 4.31. The van der Waals surface area contributed by atoms with E-state index < -0.39 is 5.97 Å². The molecule has 1 aliphatic carbocycles. The molecule has 110 valence electrons. The number of carboxylic acid groups (broad SMARTS) is 1. The van der Waals surface area contributed by atoms with Crippen LogP contribution in [0.3, 0.4) is 0 Å². The molecule has 0 radical (unpaired) electrons. The predicted molar refractivity (Wildman–Crippen MR) is 79.9 cm³/mol. The number of hydrogen-bond donors (Lipinski definition) is 1. The van der Waals surface area contributed by atoms with Crippen LogP contribution in [0.15, 0.2) is 12.1 Å². The van der Waals surface area contributed by atoms with Crippen molar-refractivity contribution in [3.8, 4) is 5.75 Å². The van der Waals surface area contributed by atoms with E-state index >= 15 is 0 Å². The molecule has 0 heterocycles. The molecule has 3 nitrogen and oxygen atoms in total. The molecular weight excluding hydrogens is 276 g/mol. The molecular formula is C16H21ClO3. The molecule has 2 rings (SSSR count). The van der Waals surface area contributed by atoms with Gasteiger partial charge < -0.3 is 9.84 Å². The van der Waals surface area contributed by atoms with E-state index in [-0.39, 0.29) is 17.3 Å². The molecule has 1 aromatic rings. The zero-order chi connectivity index (χ0) is 15.1. The van der Waals surface area contributed by atoms with Crippen LogP contribution in [0.1, 0.15) is 51.2 Å². The monoisotopic (exact) mass is 296 g/mol. The van der Waals surface area contributed by atoms with Gasteiger partial charge in [-0.05, 0) is 29.9 Å². The summed E-state index contributed by atoms with van der Waals surface area (Å²) in [6.07, 6.45) is 1.88. The number of aliphatic carboxylic acids is 1. The van der Waals surface area contributed by atoms with E-state index in [9.17, 15) is 4.79 Å². The van der Waals surface area contributed by atoms with Gasteiger partial charge in [-0.15, -0.1) is 0 Å². The van der Waals surface area contributed by atoms with Crippen LogP contribution < -0.4 is 4.74 Å². The van der Waals surface area contributed by atoms with Crippen molar-refractivity contribution in [2.75, 3.05) is 7.11 Å². The first-order valence-corrected chi connectivity index (χ1v) is 7.18. The summed E-state index contributed by atoms with van der Waals surface area (Å²) in [5.74, 6) is -0.153. The van der Waals surface area contributed by atoms with E-state index in [1.165, 1.54) is 0 Å². The van der Waals surface area contributed by atoms with Crippen LogP contribution in [0, 0.1) is 0 Å². The average molecular weight is 297 g/mol. The highest BCUT2D eigenvalue weighted by atomic mass is 35.5. The molecule has 0 aliphatic heterocycles. The van der Waals surface area contributed by atoms with Gasteiger partial charge in [0, 0.05) is 11.0 Å². The molecule has 4 heteroatoms. The summed E-state index contributed by atoms with van der Waals surface area (Å²) in [4.78, 5) is 11.1. The Bertz CT molecular complexity index is 539. The maximum atomic E-state index is 11.1. The lowest BCUT2D eigenvalue weighted by Gasteiger charge is -2.25. The Hall–Kier alpha value is -1.22. The molecule has 1 N–H and O–H groups in total. The summed E-state index contributed by atoms with van der Waals surface area (Å²) in [6.45, 7) is 6.35. The largest absolute Gasteiger partial charge is 0.495 e. The molecule has 0 unspecified atom stereocenters. The summed E-state index contributed by atoms with van der Waals surface area (Å²) in [7, 11) is 1.58. The van der Waals surface area contributed by atoms with Gasteiger partial charge in [0.05, 0.1) is 18.6 Å². The van der Waals surface area contributed by atoms with Gasteiger partial charge in [-0.2, -0.15) is 0 Å². The first-order valence-electron chi connectivity index (χ1n) is 6.80. The van der Waals surface area contributed by atoms with Crippen LogP contribution >= 0.6 is 11.6 Å². The number of benzene rings is 1. The topological polar surface area (TPSA) is 46.5 Å². The molecule has 0 atom stereocenters. The summed E-state index contributed by atoms with van der Waals surface area (Å²) in [6, 6.07) is 3.99. The first kappa shape index (κ1) is 15.2. The molecule has 1 fully saturated rings. The zero-order valence-electron chi connectivity index (χ0n) is 12.4. The van der Waals surface area contributed by atoms with Crippen LogP contribution in [-0.4, -0.2) is 18.2 Å². The molecule has 0 aromatic heterocycles. The quantitative estimate of drug-likeness (QED) is 0.908. The second kappa shape index (κ2) is 4.96. The van der Waals surface area contributed by atoms with Crippen LogP contribution in [0.5, 0.6) is 5.75 Å². The Kier molecular flexibility index (Phi) is 3.76. The highest BCUT2D eigenvalue weighted by molar-refractivity contribution is 6.32. The normalized spacial score (nSPS) is 16.9. The van der Waals surface area contributed by atoms with Crippen molar-refractivity contribution < 1.29 is 14.6 Å². The number of methoxy groups -OCH3 is 1. The van der Waals surface area contributed by atoms with Gasteiger partial charge in [-0.1, -0.05) is 38.4 Å². The summed E-state index contributed by atoms with van der Waals surface area (Å²) >= 11 is 6.34. The van der Waals surface area contributed by atoms with E-state index in [1.54, 1.807) is 7.11 Å². The molecule has 0 saturated heterocycles. The second-order valence-electron chi connectivity index (χ2n) is 6.64. The predicted octanol–water partition coefficient (Wildman–Crippen LogP) is 4.15. The standard InChI is InChI=1S/C16H21ClO3/c1-15(2,3)10-7-11(14(20-4)12(17)8-10)16(5-6-16)9-13(18)19/h7-8H,5-6,9H2,1-4H3,(H,18,19). The number of rotatable bonds is 4. The van der Waals surface area contributed by atoms with Gasteiger partial charge in [-0.3, -0.25) is 4.79 Å². The zero-order valence-corrected chi connectivity index (χ0v) is 13.2. The van der Waals surface area contributed by atoms with Gasteiger partial charge >= 0.3 is 5.97 Å². The van der Waals surface area contributed by atoms with E-state index in [2.05, 4.69) is 26.8 Å². The van der Waals surface area contributed by atoms with Crippen molar-refractivity contribution >= 4 is 17.6 Å². The first-order chi connectivity index (χ1) is 9.19. The molecule has 0 spiro atoms.